The molecule has 0 bridgehead atoms. The Labute approximate surface area is 143 Å². The summed E-state index contributed by atoms with van der Waals surface area (Å²) in [5, 5.41) is 10.9. The molecule has 1 aromatic heterocycles. The zero-order valence-electron chi connectivity index (χ0n) is 13.8. The first-order valence-corrected chi connectivity index (χ1v) is 8.07. The molecule has 2 aromatic carbocycles. The van der Waals surface area contributed by atoms with E-state index in [4.69, 9.17) is 9.15 Å². The fourth-order valence-corrected chi connectivity index (χ4v) is 3.22. The summed E-state index contributed by atoms with van der Waals surface area (Å²) >= 11 is 0. The second-order valence-corrected chi connectivity index (χ2v) is 6.29. The number of carbonyl (C=O) groups excluding carboxylic acids is 1. The predicted octanol–water partition coefficient (Wildman–Crippen LogP) is 3.77. The van der Waals surface area contributed by atoms with Crippen LogP contribution in [-0.4, -0.2) is 17.0 Å². The number of ether oxygens (including phenoxy) is 1. The molecule has 2 heterocycles. The third-order valence-electron chi connectivity index (χ3n) is 4.72. The van der Waals surface area contributed by atoms with Gasteiger partial charge in [-0.1, -0.05) is 37.3 Å². The molecule has 0 unspecified atom stereocenters. The van der Waals surface area contributed by atoms with Crippen molar-refractivity contribution in [2.75, 3.05) is 0 Å². The van der Waals surface area contributed by atoms with Crippen LogP contribution in [0.4, 0.5) is 0 Å². The van der Waals surface area contributed by atoms with Crippen molar-refractivity contribution in [2.45, 2.75) is 20.0 Å². The quantitative estimate of drug-likeness (QED) is 0.685. The number of phenols is 1. The van der Waals surface area contributed by atoms with Gasteiger partial charge in [-0.2, -0.15) is 0 Å². The van der Waals surface area contributed by atoms with Gasteiger partial charge in [0, 0.05) is 17.7 Å². The minimum atomic E-state index is -0.585. The number of benzene rings is 2. The highest BCUT2D eigenvalue weighted by Crippen LogP contribution is 2.43. The van der Waals surface area contributed by atoms with E-state index < -0.39 is 5.63 Å². The molecule has 1 N–H and O–H groups in total. The Balaban J connectivity index is 2.13. The summed E-state index contributed by atoms with van der Waals surface area (Å²) in [7, 11) is 0. The van der Waals surface area contributed by atoms with Gasteiger partial charge in [0.05, 0.1) is 11.3 Å². The maximum absolute atomic E-state index is 12.8. The van der Waals surface area contributed by atoms with Gasteiger partial charge >= 0.3 is 5.63 Å². The second kappa shape index (κ2) is 5.48. The van der Waals surface area contributed by atoms with Crippen molar-refractivity contribution < 1.29 is 19.1 Å². The summed E-state index contributed by atoms with van der Waals surface area (Å²) in [6.45, 7) is 3.57. The number of aromatic hydroxyl groups is 1. The number of rotatable bonds is 1. The fourth-order valence-electron chi connectivity index (χ4n) is 3.22. The molecular weight excluding hydrogens is 320 g/mol. The summed E-state index contributed by atoms with van der Waals surface area (Å²) in [5.74, 6) is -0.377. The van der Waals surface area contributed by atoms with Crippen LogP contribution in [0.5, 0.6) is 11.5 Å². The molecule has 1 aliphatic heterocycles. The Morgan fingerprint density at radius 3 is 2.48 bits per heavy atom. The van der Waals surface area contributed by atoms with E-state index >= 15 is 0 Å². The number of Topliss-reactive ketones (excluding diaryl/α,β-unsaturated/α-hetero) is 1. The molecule has 3 aromatic rings. The summed E-state index contributed by atoms with van der Waals surface area (Å²) in [6, 6.07) is 11.9. The molecule has 5 nitrogen and oxygen atoms in total. The van der Waals surface area contributed by atoms with Gasteiger partial charge in [-0.05, 0) is 12.5 Å². The Kier molecular flexibility index (Phi) is 3.39. The lowest BCUT2D eigenvalue weighted by molar-refractivity contribution is 0.0731. The van der Waals surface area contributed by atoms with Crippen LogP contribution in [-0.2, 0) is 0 Å². The average Bonchev–Trinajstić information content (AvgIpc) is 2.59. The first-order chi connectivity index (χ1) is 12.0. The minimum absolute atomic E-state index is 0.0742. The van der Waals surface area contributed by atoms with Crippen molar-refractivity contribution >= 4 is 16.8 Å². The molecule has 126 valence electrons. The van der Waals surface area contributed by atoms with Gasteiger partial charge in [-0.3, -0.25) is 4.79 Å². The minimum Gasteiger partial charge on any atom is -0.507 e. The molecule has 0 spiro atoms. The molecule has 0 saturated carbocycles. The van der Waals surface area contributed by atoms with Crippen LogP contribution in [0, 0.1) is 5.92 Å². The molecule has 0 amide bonds. The first kappa shape index (κ1) is 15.4. The van der Waals surface area contributed by atoms with Gasteiger partial charge < -0.3 is 14.3 Å². The van der Waals surface area contributed by atoms with Crippen LogP contribution in [0.1, 0.15) is 24.2 Å². The SMILES string of the molecule is C[C@@H]1C(=O)c2c(cc(O)c3c(-c4ccccc4)cc(=O)oc23)O[C@@H]1C. The fraction of sp³-hybridized carbons (Fsp3) is 0.200. The molecule has 0 aliphatic carbocycles. The maximum Gasteiger partial charge on any atom is 0.336 e. The first-order valence-electron chi connectivity index (χ1n) is 8.07. The van der Waals surface area contributed by atoms with E-state index in [9.17, 15) is 14.7 Å². The topological polar surface area (TPSA) is 76.7 Å². The van der Waals surface area contributed by atoms with Crippen LogP contribution in [0.2, 0.25) is 0 Å². The number of hydrogen-bond donors (Lipinski definition) is 1. The third kappa shape index (κ3) is 2.31. The number of carbonyl (C=O) groups is 1. The van der Waals surface area contributed by atoms with E-state index in [1.807, 2.05) is 30.3 Å². The molecule has 0 fully saturated rings. The van der Waals surface area contributed by atoms with E-state index in [-0.39, 0.29) is 40.5 Å². The van der Waals surface area contributed by atoms with Gasteiger partial charge in [0.15, 0.2) is 11.4 Å². The van der Waals surface area contributed by atoms with Gasteiger partial charge in [0.1, 0.15) is 23.2 Å². The van der Waals surface area contributed by atoms with Crippen molar-refractivity contribution in [2.24, 2.45) is 5.92 Å². The van der Waals surface area contributed by atoms with Gasteiger partial charge in [0.2, 0.25) is 0 Å². The van der Waals surface area contributed by atoms with E-state index in [1.54, 1.807) is 13.8 Å². The molecule has 0 radical (unpaired) electrons. The summed E-state index contributed by atoms with van der Waals surface area (Å²) in [6.07, 6.45) is -0.319. The lowest BCUT2D eigenvalue weighted by Gasteiger charge is -2.28. The van der Waals surface area contributed by atoms with E-state index in [1.165, 1.54) is 12.1 Å². The normalized spacial score (nSPS) is 19.5. The van der Waals surface area contributed by atoms with Crippen LogP contribution in [0.3, 0.4) is 0 Å². The van der Waals surface area contributed by atoms with E-state index in [2.05, 4.69) is 0 Å². The molecule has 4 rings (SSSR count). The maximum atomic E-state index is 12.8. The molecule has 0 saturated heterocycles. The number of phenolic OH excluding ortho intramolecular Hbond substituents is 1. The highest BCUT2D eigenvalue weighted by Gasteiger charge is 2.35. The monoisotopic (exact) mass is 336 g/mol. The third-order valence-corrected chi connectivity index (χ3v) is 4.72. The van der Waals surface area contributed by atoms with Crippen molar-refractivity contribution in [1.29, 1.82) is 0 Å². The zero-order chi connectivity index (χ0) is 17.7. The Hall–Kier alpha value is -3.08. The average molecular weight is 336 g/mol. The zero-order valence-corrected chi connectivity index (χ0v) is 13.8. The van der Waals surface area contributed by atoms with E-state index in [0.29, 0.717) is 10.9 Å². The lowest BCUT2D eigenvalue weighted by atomic mass is 9.89. The van der Waals surface area contributed by atoms with Crippen LogP contribution < -0.4 is 10.4 Å². The number of hydrogen-bond acceptors (Lipinski definition) is 5. The number of ketones is 1. The smallest absolute Gasteiger partial charge is 0.336 e. The van der Waals surface area contributed by atoms with Crippen molar-refractivity contribution in [3.63, 3.8) is 0 Å². The summed E-state index contributed by atoms with van der Waals surface area (Å²) < 4.78 is 11.1. The lowest BCUT2D eigenvalue weighted by Crippen LogP contribution is -2.33. The Bertz CT molecular complexity index is 1050. The predicted molar refractivity (Wildman–Crippen MR) is 93.2 cm³/mol. The van der Waals surface area contributed by atoms with Crippen LogP contribution >= 0.6 is 0 Å². The van der Waals surface area contributed by atoms with Crippen molar-refractivity contribution in [3.8, 4) is 22.6 Å². The Morgan fingerprint density at radius 2 is 1.76 bits per heavy atom. The molecule has 5 heteroatoms. The van der Waals surface area contributed by atoms with Gasteiger partial charge in [0.25, 0.3) is 0 Å². The molecule has 2 atom stereocenters. The van der Waals surface area contributed by atoms with Gasteiger partial charge in [-0.15, -0.1) is 0 Å². The van der Waals surface area contributed by atoms with Crippen molar-refractivity contribution in [1.82, 2.24) is 0 Å². The standard InChI is InChI=1S/C20H16O5/c1-10-11(2)24-15-9-14(21)17-13(12-6-4-3-5-7-12)8-16(22)25-20(17)18(15)19(10)23/h3-11,21H,1-2H3/t10-,11+/m0/s1. The van der Waals surface area contributed by atoms with Gasteiger partial charge in [-0.25, -0.2) is 4.79 Å². The number of fused-ring (bicyclic) bond motifs is 3. The van der Waals surface area contributed by atoms with Crippen molar-refractivity contribution in [3.05, 3.63) is 58.4 Å². The molecular formula is C20H16O5. The second-order valence-electron chi connectivity index (χ2n) is 6.29. The highest BCUT2D eigenvalue weighted by molar-refractivity contribution is 6.14. The van der Waals surface area contributed by atoms with Crippen LogP contribution in [0.25, 0.3) is 22.1 Å². The molecule has 25 heavy (non-hydrogen) atoms. The van der Waals surface area contributed by atoms with E-state index in [0.717, 1.165) is 5.56 Å². The summed E-state index contributed by atoms with van der Waals surface area (Å²) in [4.78, 5) is 24.9. The summed E-state index contributed by atoms with van der Waals surface area (Å²) in [5.41, 5.74) is 0.976. The highest BCUT2D eigenvalue weighted by atomic mass is 16.5. The largest absolute Gasteiger partial charge is 0.507 e. The molecule has 1 aliphatic rings. The van der Waals surface area contributed by atoms with Crippen LogP contribution in [0.15, 0.2) is 51.7 Å². The Morgan fingerprint density at radius 1 is 1.04 bits per heavy atom.